The van der Waals surface area contributed by atoms with E-state index in [0.29, 0.717) is 6.04 Å². The Morgan fingerprint density at radius 2 is 2.23 bits per heavy atom. The topological polar surface area (TPSA) is 29.3 Å². The first-order valence-corrected chi connectivity index (χ1v) is 4.97. The second-order valence-corrected chi connectivity index (χ2v) is 3.96. The molecule has 0 saturated carbocycles. The summed E-state index contributed by atoms with van der Waals surface area (Å²) in [7, 11) is 0. The Kier molecular flexibility index (Phi) is 1.41. The Morgan fingerprint density at radius 3 is 3.08 bits per heavy atom. The van der Waals surface area contributed by atoms with Gasteiger partial charge in [0.1, 0.15) is 0 Å². The van der Waals surface area contributed by atoms with Crippen molar-refractivity contribution in [2.75, 3.05) is 18.0 Å². The van der Waals surface area contributed by atoms with E-state index in [1.54, 1.807) is 0 Å². The Bertz CT molecular complexity index is 346. The van der Waals surface area contributed by atoms with Crippen LogP contribution in [0.5, 0.6) is 0 Å². The third-order valence-corrected chi connectivity index (χ3v) is 3.28. The van der Waals surface area contributed by atoms with Crippen LogP contribution in [0.4, 0.5) is 5.69 Å². The lowest BCUT2D eigenvalue weighted by Gasteiger charge is -2.21. The predicted octanol–water partition coefficient (Wildman–Crippen LogP) is 0.932. The summed E-state index contributed by atoms with van der Waals surface area (Å²) in [6, 6.07) is 7.24. The smallest absolute Gasteiger partial charge is 0.0453 e. The molecule has 2 N–H and O–H groups in total. The molecule has 0 bridgehead atoms. The van der Waals surface area contributed by atoms with Crippen molar-refractivity contribution in [2.24, 2.45) is 5.73 Å². The third-order valence-electron chi connectivity index (χ3n) is 3.28. The molecule has 2 nitrogen and oxygen atoms in total. The van der Waals surface area contributed by atoms with Crippen LogP contribution < -0.4 is 10.6 Å². The minimum Gasteiger partial charge on any atom is -0.366 e. The van der Waals surface area contributed by atoms with Crippen LogP contribution in [0.2, 0.25) is 0 Å². The number of hydrogen-bond donors (Lipinski definition) is 1. The van der Waals surface area contributed by atoms with Crippen molar-refractivity contribution >= 4 is 5.69 Å². The summed E-state index contributed by atoms with van der Waals surface area (Å²) >= 11 is 0. The summed E-state index contributed by atoms with van der Waals surface area (Å²) in [5, 5.41) is 0. The quantitative estimate of drug-likeness (QED) is 0.686. The Labute approximate surface area is 78.3 Å². The molecule has 2 heterocycles. The molecule has 0 amide bonds. The SMILES string of the molecule is NCC1Cc2cccc3c2N1CC3. The van der Waals surface area contributed by atoms with Gasteiger partial charge in [-0.25, -0.2) is 0 Å². The molecule has 1 unspecified atom stereocenters. The zero-order chi connectivity index (χ0) is 8.84. The van der Waals surface area contributed by atoms with Gasteiger partial charge in [-0.15, -0.1) is 0 Å². The summed E-state index contributed by atoms with van der Waals surface area (Å²) < 4.78 is 0. The number of para-hydroxylation sites is 1. The maximum atomic E-state index is 5.76. The van der Waals surface area contributed by atoms with E-state index in [-0.39, 0.29) is 0 Å². The fourth-order valence-electron chi connectivity index (χ4n) is 2.67. The van der Waals surface area contributed by atoms with Crippen molar-refractivity contribution in [3.05, 3.63) is 29.3 Å². The van der Waals surface area contributed by atoms with Crippen molar-refractivity contribution in [3.8, 4) is 0 Å². The molecule has 2 aliphatic rings. The van der Waals surface area contributed by atoms with Gasteiger partial charge in [-0.2, -0.15) is 0 Å². The lowest BCUT2D eigenvalue weighted by molar-refractivity contribution is 0.643. The van der Waals surface area contributed by atoms with Gasteiger partial charge in [-0.1, -0.05) is 18.2 Å². The molecule has 2 aliphatic heterocycles. The van der Waals surface area contributed by atoms with Gasteiger partial charge in [0.25, 0.3) is 0 Å². The Balaban J connectivity index is 2.13. The number of rotatable bonds is 1. The highest BCUT2D eigenvalue weighted by Gasteiger charge is 2.33. The van der Waals surface area contributed by atoms with Gasteiger partial charge in [0.2, 0.25) is 0 Å². The summed E-state index contributed by atoms with van der Waals surface area (Å²) in [5.41, 5.74) is 10.3. The third kappa shape index (κ3) is 0.866. The van der Waals surface area contributed by atoms with E-state index in [1.165, 1.54) is 29.8 Å². The molecule has 1 aromatic rings. The highest BCUT2D eigenvalue weighted by atomic mass is 15.2. The van der Waals surface area contributed by atoms with E-state index in [2.05, 4.69) is 23.1 Å². The summed E-state index contributed by atoms with van der Waals surface area (Å²) in [6.07, 6.45) is 2.36. The molecule has 1 atom stereocenters. The van der Waals surface area contributed by atoms with Crippen LogP contribution in [0, 0.1) is 0 Å². The van der Waals surface area contributed by atoms with Crippen LogP contribution in [0.3, 0.4) is 0 Å². The van der Waals surface area contributed by atoms with Crippen LogP contribution in [0.1, 0.15) is 11.1 Å². The molecule has 1 aromatic carbocycles. The predicted molar refractivity (Wildman–Crippen MR) is 54.0 cm³/mol. The van der Waals surface area contributed by atoms with E-state index >= 15 is 0 Å². The fourth-order valence-corrected chi connectivity index (χ4v) is 2.67. The van der Waals surface area contributed by atoms with Crippen LogP contribution >= 0.6 is 0 Å². The molecule has 0 fully saturated rings. The average Bonchev–Trinajstić information content (AvgIpc) is 2.73. The van der Waals surface area contributed by atoms with E-state index in [1.807, 2.05) is 0 Å². The van der Waals surface area contributed by atoms with E-state index in [9.17, 15) is 0 Å². The normalized spacial score (nSPS) is 23.8. The van der Waals surface area contributed by atoms with Crippen molar-refractivity contribution < 1.29 is 0 Å². The molecule has 0 radical (unpaired) electrons. The molecular weight excluding hydrogens is 160 g/mol. The molecule has 0 saturated heterocycles. The summed E-state index contributed by atoms with van der Waals surface area (Å²) in [6.45, 7) is 1.96. The Hall–Kier alpha value is -1.02. The van der Waals surface area contributed by atoms with Crippen LogP contribution in [0.25, 0.3) is 0 Å². The largest absolute Gasteiger partial charge is 0.366 e. The highest BCUT2D eigenvalue weighted by molar-refractivity contribution is 5.67. The van der Waals surface area contributed by atoms with Crippen molar-refractivity contribution in [2.45, 2.75) is 18.9 Å². The zero-order valence-corrected chi connectivity index (χ0v) is 7.66. The minimum atomic E-state index is 0.568. The second kappa shape index (κ2) is 2.48. The molecule has 2 heteroatoms. The number of benzene rings is 1. The fraction of sp³-hybridized carbons (Fsp3) is 0.455. The Morgan fingerprint density at radius 1 is 1.38 bits per heavy atom. The van der Waals surface area contributed by atoms with Gasteiger partial charge in [-0.3, -0.25) is 0 Å². The van der Waals surface area contributed by atoms with Crippen molar-refractivity contribution in [1.82, 2.24) is 0 Å². The van der Waals surface area contributed by atoms with Crippen LogP contribution in [-0.2, 0) is 12.8 Å². The molecular formula is C11H14N2. The molecule has 68 valence electrons. The van der Waals surface area contributed by atoms with Crippen LogP contribution in [-0.4, -0.2) is 19.1 Å². The van der Waals surface area contributed by atoms with Gasteiger partial charge in [0.15, 0.2) is 0 Å². The average molecular weight is 174 g/mol. The van der Waals surface area contributed by atoms with E-state index in [4.69, 9.17) is 5.73 Å². The van der Waals surface area contributed by atoms with Crippen LogP contribution in [0.15, 0.2) is 18.2 Å². The number of nitrogens with two attached hydrogens (primary N) is 1. The first kappa shape index (κ1) is 7.39. The molecule has 0 spiro atoms. The lowest BCUT2D eigenvalue weighted by atomic mass is 10.1. The van der Waals surface area contributed by atoms with Crippen molar-refractivity contribution in [3.63, 3.8) is 0 Å². The minimum absolute atomic E-state index is 0.568. The van der Waals surface area contributed by atoms with Gasteiger partial charge >= 0.3 is 0 Å². The number of hydrogen-bond acceptors (Lipinski definition) is 2. The number of nitrogens with zero attached hydrogens (tertiary/aromatic N) is 1. The summed E-state index contributed by atoms with van der Waals surface area (Å²) in [5.74, 6) is 0. The lowest BCUT2D eigenvalue weighted by Crippen LogP contribution is -2.37. The monoisotopic (exact) mass is 174 g/mol. The second-order valence-electron chi connectivity index (χ2n) is 3.96. The zero-order valence-electron chi connectivity index (χ0n) is 7.66. The van der Waals surface area contributed by atoms with Gasteiger partial charge in [0.05, 0.1) is 0 Å². The standard InChI is InChI=1S/C11H14N2/c12-7-10-6-9-3-1-2-8-4-5-13(10)11(8)9/h1-3,10H,4-7,12H2. The van der Waals surface area contributed by atoms with Gasteiger partial charge < -0.3 is 10.6 Å². The molecule has 0 aromatic heterocycles. The van der Waals surface area contributed by atoms with Gasteiger partial charge in [-0.05, 0) is 24.0 Å². The highest BCUT2D eigenvalue weighted by Crippen LogP contribution is 2.39. The number of anilines is 1. The van der Waals surface area contributed by atoms with Crippen molar-refractivity contribution in [1.29, 1.82) is 0 Å². The maximum Gasteiger partial charge on any atom is 0.0453 e. The van der Waals surface area contributed by atoms with Gasteiger partial charge in [0, 0.05) is 24.8 Å². The first-order valence-electron chi connectivity index (χ1n) is 4.97. The van der Waals surface area contributed by atoms with E-state index in [0.717, 1.165) is 13.0 Å². The molecule has 0 aliphatic carbocycles. The first-order chi connectivity index (χ1) is 6.40. The maximum absolute atomic E-state index is 5.76. The van der Waals surface area contributed by atoms with E-state index < -0.39 is 0 Å². The molecule has 13 heavy (non-hydrogen) atoms. The molecule has 3 rings (SSSR count). The summed E-state index contributed by atoms with van der Waals surface area (Å²) in [4.78, 5) is 2.49.